The molecule has 0 aliphatic carbocycles. The summed E-state index contributed by atoms with van der Waals surface area (Å²) in [7, 11) is 1.94. The summed E-state index contributed by atoms with van der Waals surface area (Å²) in [5, 5.41) is 17.3. The number of hydrogen-bond acceptors (Lipinski definition) is 5. The largest absolute Gasteiger partial charge is 0.316 e. The highest BCUT2D eigenvalue weighted by atomic mass is 32.1. The minimum atomic E-state index is -0.0503. The topological polar surface area (TPSA) is 68.2 Å². The zero-order chi connectivity index (χ0) is 13.0. The maximum atomic E-state index is 11.9. The van der Waals surface area contributed by atoms with Crippen LogP contribution in [0.1, 0.15) is 12.0 Å². The minimum Gasteiger partial charge on any atom is -0.316 e. The zero-order valence-corrected chi connectivity index (χ0v) is 11.1. The van der Waals surface area contributed by atoms with E-state index in [2.05, 4.69) is 21.6 Å². The lowest BCUT2D eigenvalue weighted by Gasteiger charge is -2.15. The molecule has 1 saturated heterocycles. The molecule has 0 radical (unpaired) electrons. The molecule has 2 rings (SSSR count). The van der Waals surface area contributed by atoms with Gasteiger partial charge in [0.15, 0.2) is 0 Å². The van der Waals surface area contributed by atoms with Crippen LogP contribution in [-0.4, -0.2) is 43.5 Å². The first-order valence-corrected chi connectivity index (χ1v) is 6.78. The second-order valence-electron chi connectivity index (χ2n) is 4.33. The van der Waals surface area contributed by atoms with Gasteiger partial charge in [-0.2, -0.15) is 5.26 Å². The third-order valence-corrected chi connectivity index (χ3v) is 3.92. The number of likely N-dealkylation sites (tertiary alicyclic amines) is 1. The average Bonchev–Trinajstić information content (AvgIpc) is 2.97. The lowest BCUT2D eigenvalue weighted by molar-refractivity contribution is -0.117. The zero-order valence-electron chi connectivity index (χ0n) is 10.3. The van der Waals surface area contributed by atoms with Crippen LogP contribution in [0.3, 0.4) is 0 Å². The number of hydrogen-bond donors (Lipinski definition) is 2. The van der Waals surface area contributed by atoms with Crippen molar-refractivity contribution in [2.75, 3.05) is 32.0 Å². The van der Waals surface area contributed by atoms with E-state index in [1.165, 1.54) is 11.3 Å². The SMILES string of the molecule is CNC1CCN(CC(=O)Nc2sccc2C#N)C1. The van der Waals surface area contributed by atoms with E-state index in [-0.39, 0.29) is 5.91 Å². The minimum absolute atomic E-state index is 0.0503. The molecule has 1 unspecified atom stereocenters. The van der Waals surface area contributed by atoms with Gasteiger partial charge in [-0.05, 0) is 24.9 Å². The van der Waals surface area contributed by atoms with Crippen molar-refractivity contribution in [3.63, 3.8) is 0 Å². The van der Waals surface area contributed by atoms with Crippen LogP contribution in [0.4, 0.5) is 5.00 Å². The van der Waals surface area contributed by atoms with Gasteiger partial charge in [0.2, 0.25) is 5.91 Å². The molecule has 0 aromatic carbocycles. The van der Waals surface area contributed by atoms with Gasteiger partial charge in [-0.15, -0.1) is 11.3 Å². The lowest BCUT2D eigenvalue weighted by Crippen LogP contribution is -2.34. The Bertz CT molecular complexity index is 465. The summed E-state index contributed by atoms with van der Waals surface area (Å²) in [6, 6.07) is 4.26. The van der Waals surface area contributed by atoms with Crippen molar-refractivity contribution in [2.24, 2.45) is 0 Å². The molecule has 6 heteroatoms. The molecule has 1 aromatic rings. The molecule has 5 nitrogen and oxygen atoms in total. The first-order chi connectivity index (χ1) is 8.72. The fraction of sp³-hybridized carbons (Fsp3) is 0.500. The maximum Gasteiger partial charge on any atom is 0.239 e. The van der Waals surface area contributed by atoms with E-state index in [1.807, 2.05) is 7.05 Å². The van der Waals surface area contributed by atoms with Crippen LogP contribution < -0.4 is 10.6 Å². The molecule has 96 valence electrons. The number of likely N-dealkylation sites (N-methyl/N-ethyl adjacent to an activating group) is 1. The summed E-state index contributed by atoms with van der Waals surface area (Å²) in [5.74, 6) is -0.0503. The lowest BCUT2D eigenvalue weighted by atomic mass is 10.3. The fourth-order valence-electron chi connectivity index (χ4n) is 2.08. The van der Waals surface area contributed by atoms with Gasteiger partial charge in [0.05, 0.1) is 12.1 Å². The average molecular weight is 264 g/mol. The number of amides is 1. The number of carbonyl (C=O) groups excluding carboxylic acids is 1. The first kappa shape index (κ1) is 13.0. The molecule has 0 saturated carbocycles. The van der Waals surface area contributed by atoms with Gasteiger partial charge in [0, 0.05) is 19.1 Å². The maximum absolute atomic E-state index is 11.9. The first-order valence-electron chi connectivity index (χ1n) is 5.90. The Kier molecular flexibility index (Phi) is 4.31. The summed E-state index contributed by atoms with van der Waals surface area (Å²) in [6.45, 7) is 2.23. The molecule has 0 bridgehead atoms. The molecule has 1 amide bonds. The number of nitrogens with one attached hydrogen (secondary N) is 2. The molecular weight excluding hydrogens is 248 g/mol. The van der Waals surface area contributed by atoms with Crippen molar-refractivity contribution >= 4 is 22.2 Å². The number of nitriles is 1. The van der Waals surface area contributed by atoms with E-state index in [0.717, 1.165) is 19.5 Å². The fourth-order valence-corrected chi connectivity index (χ4v) is 2.83. The van der Waals surface area contributed by atoms with Gasteiger partial charge >= 0.3 is 0 Å². The normalized spacial score (nSPS) is 19.7. The van der Waals surface area contributed by atoms with E-state index in [1.54, 1.807) is 11.4 Å². The standard InChI is InChI=1S/C12H16N4OS/c1-14-10-2-4-16(7-10)8-11(17)15-12-9(6-13)3-5-18-12/h3,5,10,14H,2,4,7-8H2,1H3,(H,15,17). The monoisotopic (exact) mass is 264 g/mol. The molecule has 18 heavy (non-hydrogen) atoms. The van der Waals surface area contributed by atoms with Gasteiger partial charge < -0.3 is 10.6 Å². The van der Waals surface area contributed by atoms with Crippen LogP contribution in [0.15, 0.2) is 11.4 Å². The third-order valence-electron chi connectivity index (χ3n) is 3.09. The second-order valence-corrected chi connectivity index (χ2v) is 5.25. The molecule has 2 N–H and O–H groups in total. The Balaban J connectivity index is 1.85. The van der Waals surface area contributed by atoms with E-state index in [4.69, 9.17) is 5.26 Å². The van der Waals surface area contributed by atoms with Gasteiger partial charge in [-0.3, -0.25) is 9.69 Å². The Labute approximate surface area is 110 Å². The van der Waals surface area contributed by atoms with Crippen LogP contribution >= 0.6 is 11.3 Å². The number of rotatable bonds is 4. The van der Waals surface area contributed by atoms with Crippen molar-refractivity contribution in [1.82, 2.24) is 10.2 Å². The summed E-state index contributed by atoms with van der Waals surface area (Å²) in [4.78, 5) is 14.0. The smallest absolute Gasteiger partial charge is 0.239 e. The summed E-state index contributed by atoms with van der Waals surface area (Å²) in [6.07, 6.45) is 1.08. The number of thiophene rings is 1. The highest BCUT2D eigenvalue weighted by Gasteiger charge is 2.22. The van der Waals surface area contributed by atoms with Crippen LogP contribution in [0.5, 0.6) is 0 Å². The third kappa shape index (κ3) is 3.07. The Morgan fingerprint density at radius 3 is 3.22 bits per heavy atom. The molecule has 1 atom stereocenters. The molecule has 1 fully saturated rings. The quantitative estimate of drug-likeness (QED) is 0.846. The molecule has 1 aromatic heterocycles. The highest BCUT2D eigenvalue weighted by Crippen LogP contribution is 2.22. The van der Waals surface area contributed by atoms with Crippen molar-refractivity contribution in [3.8, 4) is 6.07 Å². The van der Waals surface area contributed by atoms with E-state index < -0.39 is 0 Å². The predicted octanol–water partition coefficient (Wildman–Crippen LogP) is 0.852. The summed E-state index contributed by atoms with van der Waals surface area (Å²) >= 11 is 1.38. The number of nitrogens with zero attached hydrogens (tertiary/aromatic N) is 2. The number of anilines is 1. The van der Waals surface area contributed by atoms with Gasteiger partial charge in [0.25, 0.3) is 0 Å². The van der Waals surface area contributed by atoms with Crippen LogP contribution in [-0.2, 0) is 4.79 Å². The van der Waals surface area contributed by atoms with Crippen LogP contribution in [0.2, 0.25) is 0 Å². The molecule has 0 spiro atoms. The summed E-state index contributed by atoms with van der Waals surface area (Å²) in [5.41, 5.74) is 0.530. The number of carbonyl (C=O) groups is 1. The molecule has 1 aliphatic rings. The van der Waals surface area contributed by atoms with Crippen molar-refractivity contribution in [1.29, 1.82) is 5.26 Å². The summed E-state index contributed by atoms with van der Waals surface area (Å²) < 4.78 is 0. The van der Waals surface area contributed by atoms with Crippen molar-refractivity contribution in [2.45, 2.75) is 12.5 Å². The molecular formula is C12H16N4OS. The van der Waals surface area contributed by atoms with Gasteiger partial charge in [-0.1, -0.05) is 0 Å². The van der Waals surface area contributed by atoms with Crippen molar-refractivity contribution < 1.29 is 4.79 Å². The molecule has 2 heterocycles. The van der Waals surface area contributed by atoms with Gasteiger partial charge in [0.1, 0.15) is 11.1 Å². The Hall–Kier alpha value is -1.42. The van der Waals surface area contributed by atoms with E-state index in [0.29, 0.717) is 23.2 Å². The second kappa shape index (κ2) is 5.96. The highest BCUT2D eigenvalue weighted by molar-refractivity contribution is 7.14. The van der Waals surface area contributed by atoms with Crippen molar-refractivity contribution in [3.05, 3.63) is 17.0 Å². The Morgan fingerprint density at radius 1 is 1.72 bits per heavy atom. The van der Waals surface area contributed by atoms with E-state index >= 15 is 0 Å². The predicted molar refractivity (Wildman–Crippen MR) is 71.6 cm³/mol. The van der Waals surface area contributed by atoms with Gasteiger partial charge in [-0.25, -0.2) is 0 Å². The van der Waals surface area contributed by atoms with Crippen LogP contribution in [0, 0.1) is 11.3 Å². The van der Waals surface area contributed by atoms with E-state index in [9.17, 15) is 4.79 Å². The molecule has 1 aliphatic heterocycles. The Morgan fingerprint density at radius 2 is 2.56 bits per heavy atom. The van der Waals surface area contributed by atoms with Crippen LogP contribution in [0.25, 0.3) is 0 Å².